The number of esters is 1. The minimum atomic E-state index is -0.577. The van der Waals surface area contributed by atoms with E-state index in [0.29, 0.717) is 22.9 Å². The Morgan fingerprint density at radius 1 is 1.03 bits per heavy atom. The summed E-state index contributed by atoms with van der Waals surface area (Å²) in [5.41, 5.74) is 2.33. The summed E-state index contributed by atoms with van der Waals surface area (Å²) in [5, 5.41) is 0.680. The zero-order valence-electron chi connectivity index (χ0n) is 15.1. The molecule has 4 nitrogen and oxygen atoms in total. The molecule has 0 saturated carbocycles. The largest absolute Gasteiger partial charge is 0.489 e. The normalized spacial score (nSPS) is 14.6. The number of halogens is 2. The number of benzene rings is 3. The van der Waals surface area contributed by atoms with Gasteiger partial charge in [-0.1, -0.05) is 41.9 Å². The van der Waals surface area contributed by atoms with E-state index in [4.69, 9.17) is 21.1 Å². The molecule has 0 radical (unpaired) electrons. The summed E-state index contributed by atoms with van der Waals surface area (Å²) in [6.07, 6.45) is 1.61. The van der Waals surface area contributed by atoms with E-state index in [1.165, 1.54) is 18.2 Å². The Labute approximate surface area is 171 Å². The van der Waals surface area contributed by atoms with Crippen molar-refractivity contribution in [2.75, 3.05) is 0 Å². The fourth-order valence-corrected chi connectivity index (χ4v) is 2.85. The number of carbonyl (C=O) groups is 1. The summed E-state index contributed by atoms with van der Waals surface area (Å²) in [4.78, 5) is 16.2. The fourth-order valence-electron chi connectivity index (χ4n) is 2.72. The van der Waals surface area contributed by atoms with Crippen molar-refractivity contribution in [2.45, 2.75) is 6.61 Å². The third kappa shape index (κ3) is 4.70. The standard InChI is InChI=1S/C23H15ClFNO3/c24-18-8-4-16(5-9-18)14-28-20-10-6-15(7-11-20)12-21-23(27)29-22(26-21)17-2-1-3-19(25)13-17/h1-13H,14H2/b21-12-. The summed E-state index contributed by atoms with van der Waals surface area (Å²) in [6, 6.07) is 20.4. The Hall–Kier alpha value is -3.44. The number of ether oxygens (including phenoxy) is 2. The van der Waals surface area contributed by atoms with E-state index in [1.807, 2.05) is 36.4 Å². The predicted octanol–water partition coefficient (Wildman–Crippen LogP) is 5.40. The summed E-state index contributed by atoms with van der Waals surface area (Å²) < 4.78 is 24.3. The zero-order chi connectivity index (χ0) is 20.2. The molecule has 0 aromatic heterocycles. The van der Waals surface area contributed by atoms with Crippen molar-refractivity contribution >= 4 is 29.5 Å². The molecule has 29 heavy (non-hydrogen) atoms. The summed E-state index contributed by atoms with van der Waals surface area (Å²) in [6.45, 7) is 0.422. The van der Waals surface area contributed by atoms with Crippen LogP contribution >= 0.6 is 11.6 Å². The Kier molecular flexibility index (Phi) is 5.40. The van der Waals surface area contributed by atoms with Crippen LogP contribution in [0, 0.1) is 5.82 Å². The number of nitrogens with zero attached hydrogens (tertiary/aromatic N) is 1. The van der Waals surface area contributed by atoms with Crippen LogP contribution in [0.25, 0.3) is 6.08 Å². The SMILES string of the molecule is O=C1OC(c2cccc(F)c2)=N/C1=C\c1ccc(OCc2ccc(Cl)cc2)cc1. The first kappa shape index (κ1) is 18.9. The molecule has 0 amide bonds. The molecule has 0 bridgehead atoms. The second-order valence-corrected chi connectivity index (χ2v) is 6.77. The van der Waals surface area contributed by atoms with Crippen LogP contribution in [0.15, 0.2) is 83.5 Å². The smallest absolute Gasteiger partial charge is 0.363 e. The fraction of sp³-hybridized carbons (Fsp3) is 0.0435. The maximum atomic E-state index is 13.4. The van der Waals surface area contributed by atoms with Crippen molar-refractivity contribution in [3.63, 3.8) is 0 Å². The van der Waals surface area contributed by atoms with Crippen LogP contribution in [-0.2, 0) is 16.1 Å². The Bertz CT molecular complexity index is 1110. The highest BCUT2D eigenvalue weighted by Crippen LogP contribution is 2.21. The van der Waals surface area contributed by atoms with Gasteiger partial charge in [-0.3, -0.25) is 0 Å². The number of aliphatic imine (C=N–C) groups is 1. The minimum Gasteiger partial charge on any atom is -0.489 e. The average Bonchev–Trinajstić information content (AvgIpc) is 3.09. The van der Waals surface area contributed by atoms with Crippen molar-refractivity contribution in [3.05, 3.63) is 106 Å². The van der Waals surface area contributed by atoms with Gasteiger partial charge in [-0.05, 0) is 59.7 Å². The summed E-state index contributed by atoms with van der Waals surface area (Å²) >= 11 is 5.87. The van der Waals surface area contributed by atoms with Gasteiger partial charge in [-0.2, -0.15) is 0 Å². The van der Waals surface area contributed by atoms with Crippen LogP contribution in [0.2, 0.25) is 5.02 Å². The maximum Gasteiger partial charge on any atom is 0.363 e. The second-order valence-electron chi connectivity index (χ2n) is 6.33. The van der Waals surface area contributed by atoms with E-state index in [-0.39, 0.29) is 11.6 Å². The monoisotopic (exact) mass is 407 g/mol. The molecule has 3 aromatic carbocycles. The lowest BCUT2D eigenvalue weighted by Crippen LogP contribution is -2.05. The van der Waals surface area contributed by atoms with E-state index in [2.05, 4.69) is 4.99 Å². The molecule has 1 heterocycles. The summed E-state index contributed by atoms with van der Waals surface area (Å²) in [5.74, 6) is -0.219. The first-order chi connectivity index (χ1) is 14.1. The van der Waals surface area contributed by atoms with Gasteiger partial charge < -0.3 is 9.47 Å². The van der Waals surface area contributed by atoms with Crippen LogP contribution < -0.4 is 4.74 Å². The highest BCUT2D eigenvalue weighted by atomic mass is 35.5. The second kappa shape index (κ2) is 8.29. The first-order valence-corrected chi connectivity index (χ1v) is 9.20. The topological polar surface area (TPSA) is 47.9 Å². The average molecular weight is 408 g/mol. The lowest BCUT2D eigenvalue weighted by Gasteiger charge is -2.06. The van der Waals surface area contributed by atoms with Gasteiger partial charge >= 0.3 is 5.97 Å². The Morgan fingerprint density at radius 3 is 2.52 bits per heavy atom. The van der Waals surface area contributed by atoms with Gasteiger partial charge in [-0.25, -0.2) is 14.2 Å². The van der Waals surface area contributed by atoms with Gasteiger partial charge in [0.15, 0.2) is 5.70 Å². The molecule has 6 heteroatoms. The van der Waals surface area contributed by atoms with Crippen molar-refractivity contribution in [1.82, 2.24) is 0 Å². The molecule has 0 saturated heterocycles. The molecule has 0 atom stereocenters. The molecule has 1 aliphatic heterocycles. The van der Waals surface area contributed by atoms with Crippen LogP contribution in [0.1, 0.15) is 16.7 Å². The highest BCUT2D eigenvalue weighted by molar-refractivity contribution is 6.30. The molecule has 1 aliphatic rings. The molecule has 0 unspecified atom stereocenters. The van der Waals surface area contributed by atoms with E-state index in [9.17, 15) is 9.18 Å². The van der Waals surface area contributed by atoms with Crippen LogP contribution in [-0.4, -0.2) is 11.9 Å². The third-order valence-electron chi connectivity index (χ3n) is 4.19. The Balaban J connectivity index is 1.45. The molecule has 4 rings (SSSR count). The predicted molar refractivity (Wildman–Crippen MR) is 109 cm³/mol. The molecule has 3 aromatic rings. The quantitative estimate of drug-likeness (QED) is 0.420. The van der Waals surface area contributed by atoms with Crippen molar-refractivity contribution in [3.8, 4) is 5.75 Å². The van der Waals surface area contributed by atoms with Crippen molar-refractivity contribution < 1.29 is 18.7 Å². The lowest BCUT2D eigenvalue weighted by atomic mass is 10.2. The van der Waals surface area contributed by atoms with E-state index >= 15 is 0 Å². The van der Waals surface area contributed by atoms with Crippen LogP contribution in [0.5, 0.6) is 5.75 Å². The molecule has 0 N–H and O–H groups in total. The van der Waals surface area contributed by atoms with Crippen LogP contribution in [0.4, 0.5) is 4.39 Å². The molecular weight excluding hydrogens is 393 g/mol. The first-order valence-electron chi connectivity index (χ1n) is 8.83. The van der Waals surface area contributed by atoms with Gasteiger partial charge in [0, 0.05) is 10.6 Å². The minimum absolute atomic E-state index is 0.0867. The Morgan fingerprint density at radius 2 is 1.79 bits per heavy atom. The number of hydrogen-bond donors (Lipinski definition) is 0. The number of hydrogen-bond acceptors (Lipinski definition) is 4. The van der Waals surface area contributed by atoms with Crippen LogP contribution in [0.3, 0.4) is 0 Å². The lowest BCUT2D eigenvalue weighted by molar-refractivity contribution is -0.129. The number of cyclic esters (lactones) is 1. The molecular formula is C23H15ClFNO3. The molecule has 144 valence electrons. The summed E-state index contributed by atoms with van der Waals surface area (Å²) in [7, 11) is 0. The van der Waals surface area contributed by atoms with Crippen molar-refractivity contribution in [1.29, 1.82) is 0 Å². The van der Waals surface area contributed by atoms with E-state index < -0.39 is 11.8 Å². The van der Waals surface area contributed by atoms with Gasteiger partial charge in [0.2, 0.25) is 5.90 Å². The molecule has 0 fully saturated rings. The number of carbonyl (C=O) groups excluding carboxylic acids is 1. The van der Waals surface area contributed by atoms with E-state index in [0.717, 1.165) is 11.1 Å². The van der Waals surface area contributed by atoms with Gasteiger partial charge in [-0.15, -0.1) is 0 Å². The molecule has 0 spiro atoms. The third-order valence-corrected chi connectivity index (χ3v) is 4.45. The van der Waals surface area contributed by atoms with Gasteiger partial charge in [0.05, 0.1) is 0 Å². The van der Waals surface area contributed by atoms with Crippen molar-refractivity contribution in [2.24, 2.45) is 4.99 Å². The van der Waals surface area contributed by atoms with Gasteiger partial charge in [0.1, 0.15) is 18.2 Å². The number of rotatable bonds is 5. The molecule has 0 aliphatic carbocycles. The zero-order valence-corrected chi connectivity index (χ0v) is 15.9. The van der Waals surface area contributed by atoms with Gasteiger partial charge in [0.25, 0.3) is 0 Å². The highest BCUT2D eigenvalue weighted by Gasteiger charge is 2.24. The van der Waals surface area contributed by atoms with E-state index in [1.54, 1.807) is 24.3 Å². The maximum absolute atomic E-state index is 13.4.